The summed E-state index contributed by atoms with van der Waals surface area (Å²) in [5.41, 5.74) is -0.157. The fraction of sp³-hybridized carbons (Fsp3) is 0.875. The highest BCUT2D eigenvalue weighted by Gasteiger charge is 2.55. The summed E-state index contributed by atoms with van der Waals surface area (Å²) < 4.78 is 5.35. The van der Waals surface area contributed by atoms with Gasteiger partial charge >= 0.3 is 6.09 Å². The Labute approximate surface area is 70.9 Å². The Bertz CT molecular complexity index is 243. The largest absolute Gasteiger partial charge is 0.439 e. The van der Waals surface area contributed by atoms with Gasteiger partial charge in [-0.1, -0.05) is 0 Å². The molecule has 3 fully saturated rings. The fourth-order valence-electron chi connectivity index (χ4n) is 2.71. The van der Waals surface area contributed by atoms with Crippen molar-refractivity contribution in [2.45, 2.75) is 12.0 Å². The van der Waals surface area contributed by atoms with Gasteiger partial charge in [0.25, 0.3) is 0 Å². The van der Waals surface area contributed by atoms with E-state index in [2.05, 4.69) is 10.2 Å². The van der Waals surface area contributed by atoms with Crippen LogP contribution in [-0.2, 0) is 4.74 Å². The summed E-state index contributed by atoms with van der Waals surface area (Å²) in [5, 5.41) is 2.75. The molecule has 3 atom stereocenters. The zero-order valence-corrected chi connectivity index (χ0v) is 6.88. The van der Waals surface area contributed by atoms with E-state index >= 15 is 0 Å². The van der Waals surface area contributed by atoms with E-state index in [-0.39, 0.29) is 11.7 Å². The summed E-state index contributed by atoms with van der Waals surface area (Å²) in [7, 11) is 0. The molecule has 0 radical (unpaired) electrons. The monoisotopic (exact) mass is 168 g/mol. The number of piperidine rings is 1. The molecule has 4 heteroatoms. The number of hydrogen-bond donors (Lipinski definition) is 1. The maximum Gasteiger partial charge on any atom is 0.407 e. The van der Waals surface area contributed by atoms with Crippen molar-refractivity contribution in [3.05, 3.63) is 0 Å². The van der Waals surface area contributed by atoms with Gasteiger partial charge in [0.1, 0.15) is 5.60 Å². The molecule has 3 aliphatic rings. The molecule has 0 aromatic rings. The first-order valence-electron chi connectivity index (χ1n) is 4.48. The van der Waals surface area contributed by atoms with Gasteiger partial charge in [-0.25, -0.2) is 4.79 Å². The van der Waals surface area contributed by atoms with Crippen molar-refractivity contribution in [3.63, 3.8) is 0 Å². The van der Waals surface area contributed by atoms with Crippen molar-refractivity contribution >= 4 is 6.09 Å². The molecule has 2 bridgehead atoms. The van der Waals surface area contributed by atoms with Gasteiger partial charge in [0.2, 0.25) is 0 Å². The van der Waals surface area contributed by atoms with Crippen LogP contribution < -0.4 is 5.32 Å². The molecule has 1 N–H and O–H groups in total. The summed E-state index contributed by atoms with van der Waals surface area (Å²) in [6.45, 7) is 3.96. The van der Waals surface area contributed by atoms with Crippen LogP contribution in [0.3, 0.4) is 0 Å². The Morgan fingerprint density at radius 2 is 2.58 bits per heavy atom. The Morgan fingerprint density at radius 1 is 1.67 bits per heavy atom. The number of hydrogen-bond acceptors (Lipinski definition) is 3. The summed E-state index contributed by atoms with van der Waals surface area (Å²) >= 11 is 0. The minimum Gasteiger partial charge on any atom is -0.439 e. The molecule has 3 heterocycles. The van der Waals surface area contributed by atoms with Crippen LogP contribution in [0, 0.1) is 5.92 Å². The zero-order valence-electron chi connectivity index (χ0n) is 6.88. The van der Waals surface area contributed by atoms with Gasteiger partial charge in [-0.05, 0) is 13.0 Å². The van der Waals surface area contributed by atoms with E-state index in [1.54, 1.807) is 0 Å². The molecule has 66 valence electrons. The van der Waals surface area contributed by atoms with Crippen LogP contribution in [0.15, 0.2) is 0 Å². The quantitative estimate of drug-likeness (QED) is 0.544. The minimum absolute atomic E-state index is 0.157. The number of carbonyl (C=O) groups is 1. The summed E-state index contributed by atoms with van der Waals surface area (Å²) in [4.78, 5) is 13.3. The van der Waals surface area contributed by atoms with E-state index in [0.717, 1.165) is 13.1 Å². The number of amides is 1. The minimum atomic E-state index is -0.233. The number of nitrogens with zero attached hydrogens (tertiary/aromatic N) is 1. The molecule has 0 aromatic carbocycles. The standard InChI is InChI=1S/C8H12N2O2/c11-7-9-4-8(12-7)5-10-2-1-6(8)3-10/h6H,1-5H2,(H,9,11). The Balaban J connectivity index is 1.88. The summed E-state index contributed by atoms with van der Waals surface area (Å²) in [6, 6.07) is 0. The second-order valence-electron chi connectivity index (χ2n) is 4.03. The van der Waals surface area contributed by atoms with Crippen LogP contribution >= 0.6 is 0 Å². The van der Waals surface area contributed by atoms with Gasteiger partial charge in [-0.2, -0.15) is 0 Å². The highest BCUT2D eigenvalue weighted by atomic mass is 16.6. The maximum absolute atomic E-state index is 10.9. The lowest BCUT2D eigenvalue weighted by atomic mass is 9.88. The Hall–Kier alpha value is -0.770. The molecule has 4 nitrogen and oxygen atoms in total. The van der Waals surface area contributed by atoms with Crippen LogP contribution in [0.5, 0.6) is 0 Å². The highest BCUT2D eigenvalue weighted by Crippen LogP contribution is 2.40. The second-order valence-corrected chi connectivity index (χ2v) is 4.03. The lowest BCUT2D eigenvalue weighted by Crippen LogP contribution is -2.45. The highest BCUT2D eigenvalue weighted by molar-refractivity contribution is 5.70. The van der Waals surface area contributed by atoms with E-state index in [1.165, 1.54) is 13.0 Å². The van der Waals surface area contributed by atoms with Crippen molar-refractivity contribution in [2.24, 2.45) is 5.92 Å². The van der Waals surface area contributed by atoms with E-state index in [9.17, 15) is 4.79 Å². The smallest absolute Gasteiger partial charge is 0.407 e. The van der Waals surface area contributed by atoms with Crippen LogP contribution in [0.4, 0.5) is 4.79 Å². The van der Waals surface area contributed by atoms with E-state index in [4.69, 9.17) is 4.74 Å². The summed E-state index contributed by atoms with van der Waals surface area (Å²) in [5.74, 6) is 0.580. The lowest BCUT2D eigenvalue weighted by molar-refractivity contribution is 0.0177. The van der Waals surface area contributed by atoms with Crippen LogP contribution in [-0.4, -0.2) is 42.8 Å². The maximum atomic E-state index is 10.9. The zero-order chi connectivity index (χ0) is 8.18. The average Bonchev–Trinajstić information content (AvgIpc) is 2.67. The van der Waals surface area contributed by atoms with Gasteiger partial charge in [0.15, 0.2) is 0 Å². The Morgan fingerprint density at radius 3 is 3.08 bits per heavy atom. The van der Waals surface area contributed by atoms with Gasteiger partial charge < -0.3 is 10.1 Å². The molecule has 0 aromatic heterocycles. The van der Waals surface area contributed by atoms with E-state index in [0.29, 0.717) is 12.5 Å². The second kappa shape index (κ2) is 1.93. The first-order valence-corrected chi connectivity index (χ1v) is 4.48. The SMILES string of the molecule is O=C1NCC2(CN3CCC2C3)O1. The number of alkyl carbamates (subject to hydrolysis) is 1. The summed E-state index contributed by atoms with van der Waals surface area (Å²) in [6.07, 6.45) is 0.957. The van der Waals surface area contributed by atoms with E-state index < -0.39 is 0 Å². The molecular formula is C8H12N2O2. The average molecular weight is 168 g/mol. The molecule has 0 aliphatic carbocycles. The van der Waals surface area contributed by atoms with Crippen molar-refractivity contribution in [3.8, 4) is 0 Å². The first kappa shape index (κ1) is 6.71. The molecule has 1 spiro atoms. The first-order chi connectivity index (χ1) is 5.78. The van der Waals surface area contributed by atoms with Gasteiger partial charge in [-0.3, -0.25) is 4.90 Å². The van der Waals surface area contributed by atoms with Crippen LogP contribution in [0.25, 0.3) is 0 Å². The number of ether oxygens (including phenoxy) is 1. The van der Waals surface area contributed by atoms with Crippen LogP contribution in [0.1, 0.15) is 6.42 Å². The molecule has 3 rings (SSSR count). The normalized spacial score (nSPS) is 49.8. The molecule has 0 saturated carbocycles. The lowest BCUT2D eigenvalue weighted by Gasteiger charge is -2.30. The van der Waals surface area contributed by atoms with E-state index in [1.807, 2.05) is 0 Å². The third-order valence-electron chi connectivity index (χ3n) is 3.34. The number of carbonyl (C=O) groups excluding carboxylic acids is 1. The van der Waals surface area contributed by atoms with Crippen LogP contribution in [0.2, 0.25) is 0 Å². The number of fused-ring (bicyclic) bond motifs is 3. The van der Waals surface area contributed by atoms with Gasteiger partial charge in [-0.15, -0.1) is 0 Å². The molecule has 3 unspecified atom stereocenters. The third kappa shape index (κ3) is 0.684. The van der Waals surface area contributed by atoms with Gasteiger partial charge in [0, 0.05) is 19.0 Å². The molecule has 3 saturated heterocycles. The van der Waals surface area contributed by atoms with Gasteiger partial charge in [0.05, 0.1) is 6.54 Å². The molecular weight excluding hydrogens is 156 g/mol. The number of nitrogens with one attached hydrogen (secondary N) is 1. The fourth-order valence-corrected chi connectivity index (χ4v) is 2.71. The number of rotatable bonds is 0. The molecule has 12 heavy (non-hydrogen) atoms. The van der Waals surface area contributed by atoms with Crippen molar-refractivity contribution in [2.75, 3.05) is 26.2 Å². The molecule has 3 aliphatic heterocycles. The predicted molar refractivity (Wildman–Crippen MR) is 41.8 cm³/mol. The Kier molecular flexibility index (Phi) is 1.08. The van der Waals surface area contributed by atoms with Crippen molar-refractivity contribution < 1.29 is 9.53 Å². The third-order valence-corrected chi connectivity index (χ3v) is 3.34. The molecule has 1 amide bonds. The predicted octanol–water partition coefficient (Wildman–Crippen LogP) is -0.200. The van der Waals surface area contributed by atoms with Crippen molar-refractivity contribution in [1.82, 2.24) is 10.2 Å². The topological polar surface area (TPSA) is 41.6 Å². The van der Waals surface area contributed by atoms with Crippen molar-refractivity contribution in [1.29, 1.82) is 0 Å².